The zero-order valence-electron chi connectivity index (χ0n) is 13.2. The van der Waals surface area contributed by atoms with Crippen LogP contribution in [0.4, 0.5) is 5.82 Å². The molecule has 1 saturated carbocycles. The van der Waals surface area contributed by atoms with Crippen LogP contribution < -0.4 is 11.1 Å². The van der Waals surface area contributed by atoms with Gasteiger partial charge in [-0.25, -0.2) is 9.97 Å². The second-order valence-electron chi connectivity index (χ2n) is 7.14. The van der Waals surface area contributed by atoms with E-state index in [1.807, 2.05) is 10.6 Å². The lowest BCUT2D eigenvalue weighted by molar-refractivity contribution is -0.139. The van der Waals surface area contributed by atoms with Crippen LogP contribution in [-0.4, -0.2) is 49.8 Å². The van der Waals surface area contributed by atoms with Crippen LogP contribution in [0.3, 0.4) is 0 Å². The van der Waals surface area contributed by atoms with Gasteiger partial charge >= 0.3 is 0 Å². The van der Waals surface area contributed by atoms with Crippen molar-refractivity contribution in [2.24, 2.45) is 0 Å². The Morgan fingerprint density at radius 2 is 2.21 bits per heavy atom. The summed E-state index contributed by atoms with van der Waals surface area (Å²) in [5, 5.41) is 3.47. The molecular formula is C16H19BrN6O. The van der Waals surface area contributed by atoms with Crippen molar-refractivity contribution in [1.29, 1.82) is 0 Å². The normalized spacial score (nSPS) is 28.4. The minimum atomic E-state index is 0.197. The number of anilines is 1. The van der Waals surface area contributed by atoms with Crippen LogP contribution in [0, 0.1) is 0 Å². The van der Waals surface area contributed by atoms with Crippen molar-refractivity contribution in [2.75, 3.05) is 18.8 Å². The maximum absolute atomic E-state index is 12.4. The second kappa shape index (κ2) is 4.92. The van der Waals surface area contributed by atoms with Crippen LogP contribution in [0.5, 0.6) is 0 Å². The average Bonchev–Trinajstić information content (AvgIpc) is 3.28. The zero-order valence-corrected chi connectivity index (χ0v) is 14.8. The molecule has 7 nitrogen and oxygen atoms in total. The van der Waals surface area contributed by atoms with Gasteiger partial charge in [0.2, 0.25) is 5.91 Å². The van der Waals surface area contributed by atoms with Gasteiger partial charge in [-0.1, -0.05) is 0 Å². The van der Waals surface area contributed by atoms with E-state index in [9.17, 15) is 4.79 Å². The molecule has 8 heteroatoms. The summed E-state index contributed by atoms with van der Waals surface area (Å²) in [7, 11) is 0. The lowest BCUT2D eigenvalue weighted by atomic mass is 9.85. The number of aromatic nitrogens is 3. The number of halogens is 1. The standard InChI is InChI=1S/C16H19BrN6O/c17-13-12-14(18)19-5-6-22(12)15(21-13)9-1-2-10-16(3-4-16)20-7-11(24)23(10)8-9/h5-6,9-10,20H,1-4,7-8H2,(H2,18,19). The first-order chi connectivity index (χ1) is 11.6. The van der Waals surface area contributed by atoms with Gasteiger partial charge < -0.3 is 16.0 Å². The maximum Gasteiger partial charge on any atom is 0.236 e. The predicted octanol–water partition coefficient (Wildman–Crippen LogP) is 1.28. The van der Waals surface area contributed by atoms with Gasteiger partial charge in [0, 0.05) is 36.4 Å². The SMILES string of the molecule is Nc1nccn2c(C3CCC4N(C3)C(=O)CNC43CC3)nc(Br)c12. The number of hydrogen-bond acceptors (Lipinski definition) is 5. The van der Waals surface area contributed by atoms with Crippen LogP contribution in [-0.2, 0) is 4.79 Å². The summed E-state index contributed by atoms with van der Waals surface area (Å²) < 4.78 is 2.73. The average molecular weight is 391 g/mol. The Morgan fingerprint density at radius 3 is 3.00 bits per heavy atom. The number of amides is 1. The highest BCUT2D eigenvalue weighted by Crippen LogP contribution is 2.47. The van der Waals surface area contributed by atoms with E-state index >= 15 is 0 Å². The molecule has 2 aliphatic heterocycles. The molecule has 2 aromatic heterocycles. The van der Waals surface area contributed by atoms with Crippen molar-refractivity contribution in [1.82, 2.24) is 24.6 Å². The van der Waals surface area contributed by atoms with E-state index in [1.165, 1.54) is 12.8 Å². The summed E-state index contributed by atoms with van der Waals surface area (Å²) in [5.41, 5.74) is 7.00. The minimum absolute atomic E-state index is 0.197. The molecule has 0 aromatic carbocycles. The number of nitrogens with zero attached hydrogens (tertiary/aromatic N) is 4. The van der Waals surface area contributed by atoms with E-state index in [1.54, 1.807) is 6.20 Å². The molecule has 1 spiro atoms. The molecule has 3 N–H and O–H groups in total. The number of nitrogens with one attached hydrogen (secondary N) is 1. The molecule has 126 valence electrons. The Morgan fingerprint density at radius 1 is 1.38 bits per heavy atom. The van der Waals surface area contributed by atoms with E-state index < -0.39 is 0 Å². The van der Waals surface area contributed by atoms with Crippen LogP contribution in [0.1, 0.15) is 37.4 Å². The highest BCUT2D eigenvalue weighted by molar-refractivity contribution is 9.10. The Balaban J connectivity index is 1.51. The van der Waals surface area contributed by atoms with Gasteiger partial charge in [-0.2, -0.15) is 0 Å². The number of piperazine rings is 1. The fourth-order valence-electron chi connectivity index (χ4n) is 4.48. The summed E-state index contributed by atoms with van der Waals surface area (Å²) in [6, 6.07) is 0.344. The van der Waals surface area contributed by atoms with Gasteiger partial charge in [-0.3, -0.25) is 9.20 Å². The first-order valence-electron chi connectivity index (χ1n) is 8.41. The number of carbonyl (C=O) groups is 1. The van der Waals surface area contributed by atoms with Crippen molar-refractivity contribution in [2.45, 2.75) is 43.2 Å². The summed E-state index contributed by atoms with van der Waals surface area (Å²) in [5.74, 6) is 1.86. The number of fused-ring (bicyclic) bond motifs is 3. The molecule has 3 aliphatic rings. The highest BCUT2D eigenvalue weighted by Gasteiger charge is 2.56. The lowest BCUT2D eigenvalue weighted by Crippen LogP contribution is -2.64. The van der Waals surface area contributed by atoms with Crippen LogP contribution in [0.2, 0.25) is 0 Å². The summed E-state index contributed by atoms with van der Waals surface area (Å²) in [4.78, 5) is 23.4. The number of hydrogen-bond donors (Lipinski definition) is 2. The van der Waals surface area contributed by atoms with E-state index in [-0.39, 0.29) is 17.4 Å². The van der Waals surface area contributed by atoms with Gasteiger partial charge in [0.1, 0.15) is 15.9 Å². The quantitative estimate of drug-likeness (QED) is 0.765. The van der Waals surface area contributed by atoms with Gasteiger partial charge in [0.25, 0.3) is 0 Å². The third kappa shape index (κ3) is 1.96. The van der Waals surface area contributed by atoms with Crippen LogP contribution >= 0.6 is 15.9 Å². The maximum atomic E-state index is 12.4. The largest absolute Gasteiger partial charge is 0.382 e. The molecule has 1 amide bonds. The number of rotatable bonds is 1. The van der Waals surface area contributed by atoms with Crippen molar-refractivity contribution >= 4 is 33.2 Å². The zero-order chi connectivity index (χ0) is 16.5. The van der Waals surface area contributed by atoms with Gasteiger partial charge in [-0.15, -0.1) is 0 Å². The molecule has 5 rings (SSSR count). The molecule has 3 fully saturated rings. The number of nitrogen functional groups attached to an aromatic ring is 1. The fourth-order valence-corrected chi connectivity index (χ4v) is 5.05. The molecule has 0 bridgehead atoms. The number of piperidine rings is 1. The highest BCUT2D eigenvalue weighted by atomic mass is 79.9. The van der Waals surface area contributed by atoms with Gasteiger partial charge in [0.15, 0.2) is 5.82 Å². The smallest absolute Gasteiger partial charge is 0.236 e. The van der Waals surface area contributed by atoms with Crippen LogP contribution in [0.25, 0.3) is 5.52 Å². The number of nitrogens with two attached hydrogens (primary N) is 1. The molecule has 24 heavy (non-hydrogen) atoms. The summed E-state index contributed by atoms with van der Waals surface area (Å²) in [6.45, 7) is 1.20. The van der Waals surface area contributed by atoms with E-state index in [4.69, 9.17) is 10.7 Å². The van der Waals surface area contributed by atoms with Crippen molar-refractivity contribution < 1.29 is 4.79 Å². The molecule has 0 radical (unpaired) electrons. The second-order valence-corrected chi connectivity index (χ2v) is 7.89. The van der Waals surface area contributed by atoms with Gasteiger partial charge in [-0.05, 0) is 41.6 Å². The van der Waals surface area contributed by atoms with E-state index in [0.717, 1.165) is 35.3 Å². The van der Waals surface area contributed by atoms with Crippen LogP contribution in [0.15, 0.2) is 17.0 Å². The fraction of sp³-hybridized carbons (Fsp3) is 0.562. The van der Waals surface area contributed by atoms with Gasteiger partial charge in [0.05, 0.1) is 6.54 Å². The molecule has 2 aromatic rings. The molecule has 4 heterocycles. The minimum Gasteiger partial charge on any atom is -0.382 e. The Kier molecular flexibility index (Phi) is 3.00. The summed E-state index contributed by atoms with van der Waals surface area (Å²) >= 11 is 3.50. The third-order valence-electron chi connectivity index (χ3n) is 5.85. The molecule has 2 saturated heterocycles. The number of imidazole rings is 1. The first kappa shape index (κ1) is 14.7. The Hall–Kier alpha value is -1.67. The van der Waals surface area contributed by atoms with E-state index in [0.29, 0.717) is 18.4 Å². The van der Waals surface area contributed by atoms with Crippen molar-refractivity contribution in [3.63, 3.8) is 0 Å². The molecule has 1 aliphatic carbocycles. The third-order valence-corrected chi connectivity index (χ3v) is 6.41. The number of carbonyl (C=O) groups excluding carboxylic acids is 1. The molecule has 2 unspecified atom stereocenters. The predicted molar refractivity (Wildman–Crippen MR) is 92.5 cm³/mol. The Labute approximate surface area is 147 Å². The van der Waals surface area contributed by atoms with Crippen molar-refractivity contribution in [3.05, 3.63) is 22.8 Å². The van der Waals surface area contributed by atoms with E-state index in [2.05, 4.69) is 31.1 Å². The molecular weight excluding hydrogens is 372 g/mol. The summed E-state index contributed by atoms with van der Waals surface area (Å²) in [6.07, 6.45) is 8.02. The van der Waals surface area contributed by atoms with Crippen molar-refractivity contribution in [3.8, 4) is 0 Å². The topological polar surface area (TPSA) is 88.5 Å². The monoisotopic (exact) mass is 390 g/mol. The Bertz CT molecular complexity index is 844. The lowest BCUT2D eigenvalue weighted by Gasteiger charge is -2.47. The first-order valence-corrected chi connectivity index (χ1v) is 9.21. The molecule has 2 atom stereocenters.